The lowest BCUT2D eigenvalue weighted by Gasteiger charge is -2.41. The van der Waals surface area contributed by atoms with Gasteiger partial charge >= 0.3 is 16.4 Å². The average Bonchev–Trinajstić information content (AvgIpc) is 3.23. The molecule has 1 aliphatic heterocycles. The Labute approximate surface area is 371 Å². The van der Waals surface area contributed by atoms with Gasteiger partial charge in [0.1, 0.15) is 30.5 Å². The van der Waals surface area contributed by atoms with Crippen molar-refractivity contribution in [3.63, 3.8) is 0 Å². The number of unbranched alkanes of at least 4 members (excludes halogenated alkanes) is 23. The highest BCUT2D eigenvalue weighted by molar-refractivity contribution is 7.80. The number of ether oxygens (including phenoxy) is 4. The molecule has 0 amide bonds. The summed E-state index contributed by atoms with van der Waals surface area (Å²) in [6.07, 6.45) is 37.4. The number of carbonyl (C=O) groups is 1. The molecule has 358 valence electrons. The van der Waals surface area contributed by atoms with Gasteiger partial charge in [0.25, 0.3) is 0 Å². The second kappa shape index (κ2) is 39.9. The number of hydrogen-bond donors (Lipinski definition) is 4. The van der Waals surface area contributed by atoms with Crippen molar-refractivity contribution < 1.29 is 56.2 Å². The molecule has 0 aliphatic carbocycles. The van der Waals surface area contributed by atoms with Crippen LogP contribution in [0.1, 0.15) is 200 Å². The van der Waals surface area contributed by atoms with E-state index in [1.165, 1.54) is 109 Å². The fourth-order valence-corrected chi connectivity index (χ4v) is 7.79. The summed E-state index contributed by atoms with van der Waals surface area (Å²) in [4.78, 5) is 12.9. The van der Waals surface area contributed by atoms with Crippen molar-refractivity contribution >= 4 is 16.4 Å². The number of rotatable bonds is 42. The molecule has 6 unspecified atom stereocenters. The molecule has 6 atom stereocenters. The van der Waals surface area contributed by atoms with E-state index in [0.29, 0.717) is 13.0 Å². The van der Waals surface area contributed by atoms with Crippen LogP contribution in [0.15, 0.2) is 36.5 Å². The van der Waals surface area contributed by atoms with Gasteiger partial charge in [0.15, 0.2) is 6.29 Å². The van der Waals surface area contributed by atoms with Crippen molar-refractivity contribution in [1.29, 1.82) is 0 Å². The highest BCUT2D eigenvalue weighted by atomic mass is 32.3. The largest absolute Gasteiger partial charge is 0.457 e. The van der Waals surface area contributed by atoms with Gasteiger partial charge in [0.05, 0.1) is 19.8 Å². The molecule has 0 saturated carbocycles. The minimum atomic E-state index is -5.06. The molecule has 4 N–H and O–H groups in total. The zero-order chi connectivity index (χ0) is 44.7. The molecule has 1 fully saturated rings. The first kappa shape index (κ1) is 57.3. The van der Waals surface area contributed by atoms with Crippen LogP contribution in [0.25, 0.3) is 0 Å². The summed E-state index contributed by atoms with van der Waals surface area (Å²) in [5, 5.41) is 30.7. The van der Waals surface area contributed by atoms with Crippen molar-refractivity contribution in [2.24, 2.45) is 0 Å². The van der Waals surface area contributed by atoms with E-state index >= 15 is 0 Å². The van der Waals surface area contributed by atoms with Crippen molar-refractivity contribution in [3.8, 4) is 0 Å². The van der Waals surface area contributed by atoms with Crippen LogP contribution in [0.5, 0.6) is 0 Å². The minimum Gasteiger partial charge on any atom is -0.457 e. The standard InChI is InChI=1S/C48H88O12S/c1-3-5-7-9-11-13-15-17-19-21-22-24-26-28-30-32-34-36-38-56-40-42(41-57-48-46(52)47(60-61(53,54)55)45(51)43(39-49)59-48)58-44(50)37-35-33-31-29-27-25-23-20-18-16-14-12-10-8-6-4-2/h14,16-17,19-20,23,42-43,45-49,51-52H,3-13,15,18,21-22,24-41H2,1-2H3,(H,53,54,55)/b16-14-,19-17-,23-20-. The number of esters is 1. The highest BCUT2D eigenvalue weighted by Crippen LogP contribution is 2.26. The van der Waals surface area contributed by atoms with Crippen LogP contribution in [-0.4, -0.2) is 97.5 Å². The maximum Gasteiger partial charge on any atom is 0.397 e. The number of aliphatic hydroxyl groups excluding tert-OH is 3. The van der Waals surface area contributed by atoms with Gasteiger partial charge in [0.2, 0.25) is 0 Å². The van der Waals surface area contributed by atoms with Crippen LogP contribution in [0.4, 0.5) is 0 Å². The molecular formula is C48H88O12S. The molecule has 0 aromatic carbocycles. The minimum absolute atomic E-state index is 0.0290. The molecule has 1 saturated heterocycles. The Kier molecular flexibility index (Phi) is 37.5. The van der Waals surface area contributed by atoms with Crippen molar-refractivity contribution in [2.75, 3.05) is 26.4 Å². The van der Waals surface area contributed by atoms with Gasteiger partial charge in [-0.1, -0.05) is 159 Å². The fourth-order valence-electron chi connectivity index (χ4n) is 7.29. The highest BCUT2D eigenvalue weighted by Gasteiger charge is 2.48. The van der Waals surface area contributed by atoms with E-state index in [0.717, 1.165) is 64.2 Å². The van der Waals surface area contributed by atoms with Crippen LogP contribution in [-0.2, 0) is 38.3 Å². The fraction of sp³-hybridized carbons (Fsp3) is 0.854. The van der Waals surface area contributed by atoms with E-state index < -0.39 is 59.8 Å². The molecule has 1 aliphatic rings. The van der Waals surface area contributed by atoms with Crippen LogP contribution in [0.3, 0.4) is 0 Å². The molecule has 0 aromatic heterocycles. The zero-order valence-corrected chi connectivity index (χ0v) is 39.0. The Balaban J connectivity index is 2.41. The Bertz CT molecular complexity index is 1210. The number of carbonyl (C=O) groups excluding carboxylic acids is 1. The number of aliphatic hydroxyl groups is 3. The van der Waals surface area contributed by atoms with Gasteiger partial charge in [-0.15, -0.1) is 0 Å². The van der Waals surface area contributed by atoms with E-state index in [9.17, 15) is 33.1 Å². The second-order valence-electron chi connectivity index (χ2n) is 16.7. The van der Waals surface area contributed by atoms with Gasteiger partial charge in [-0.05, 0) is 70.6 Å². The molecule has 1 rings (SSSR count). The maximum absolute atomic E-state index is 12.9. The number of allylic oxidation sites excluding steroid dienone is 6. The molecule has 1 heterocycles. The predicted molar refractivity (Wildman–Crippen MR) is 243 cm³/mol. The van der Waals surface area contributed by atoms with E-state index in [4.69, 9.17) is 18.9 Å². The lowest BCUT2D eigenvalue weighted by molar-refractivity contribution is -0.301. The Hall–Kier alpha value is -1.68. The summed E-state index contributed by atoms with van der Waals surface area (Å²) >= 11 is 0. The number of hydrogen-bond acceptors (Lipinski definition) is 11. The third-order valence-corrected chi connectivity index (χ3v) is 11.5. The average molecular weight is 889 g/mol. The van der Waals surface area contributed by atoms with Gasteiger partial charge in [-0.3, -0.25) is 9.35 Å². The summed E-state index contributed by atoms with van der Waals surface area (Å²) in [5.41, 5.74) is 0. The molecule has 0 aromatic rings. The summed E-state index contributed by atoms with van der Waals surface area (Å²) in [6, 6.07) is 0. The first-order valence-electron chi connectivity index (χ1n) is 24.2. The van der Waals surface area contributed by atoms with Crippen LogP contribution in [0, 0.1) is 0 Å². The second-order valence-corrected chi connectivity index (χ2v) is 17.7. The normalized spacial score (nSPS) is 20.4. The third kappa shape index (κ3) is 33.5. The zero-order valence-electron chi connectivity index (χ0n) is 38.2. The topological polar surface area (TPSA) is 178 Å². The van der Waals surface area contributed by atoms with Crippen LogP contribution >= 0.6 is 0 Å². The third-order valence-electron chi connectivity index (χ3n) is 11.0. The van der Waals surface area contributed by atoms with Crippen molar-refractivity contribution in [2.45, 2.75) is 237 Å². The molecule has 61 heavy (non-hydrogen) atoms. The molecule has 0 bridgehead atoms. The summed E-state index contributed by atoms with van der Waals surface area (Å²) < 4.78 is 59.1. The smallest absolute Gasteiger partial charge is 0.397 e. The van der Waals surface area contributed by atoms with E-state index in [1.807, 2.05) is 0 Å². The van der Waals surface area contributed by atoms with Gasteiger partial charge in [-0.25, -0.2) is 4.18 Å². The lowest BCUT2D eigenvalue weighted by Crippen LogP contribution is -2.60. The van der Waals surface area contributed by atoms with Gasteiger partial charge < -0.3 is 34.3 Å². The summed E-state index contributed by atoms with van der Waals surface area (Å²) in [5.74, 6) is -0.413. The van der Waals surface area contributed by atoms with Crippen LogP contribution < -0.4 is 0 Å². The maximum atomic E-state index is 12.9. The first-order chi connectivity index (χ1) is 29.6. The van der Waals surface area contributed by atoms with Crippen molar-refractivity contribution in [1.82, 2.24) is 0 Å². The molecular weight excluding hydrogens is 801 g/mol. The van der Waals surface area contributed by atoms with Gasteiger partial charge in [-0.2, -0.15) is 8.42 Å². The monoisotopic (exact) mass is 889 g/mol. The van der Waals surface area contributed by atoms with E-state index in [1.54, 1.807) is 0 Å². The first-order valence-corrected chi connectivity index (χ1v) is 25.6. The van der Waals surface area contributed by atoms with E-state index in [2.05, 4.69) is 54.5 Å². The molecule has 12 nitrogen and oxygen atoms in total. The van der Waals surface area contributed by atoms with Crippen molar-refractivity contribution in [3.05, 3.63) is 36.5 Å². The lowest BCUT2D eigenvalue weighted by atomic mass is 9.99. The summed E-state index contributed by atoms with van der Waals surface area (Å²) in [6.45, 7) is 3.96. The molecule has 0 spiro atoms. The Morgan fingerprint density at radius 1 is 0.623 bits per heavy atom. The molecule has 0 radical (unpaired) electrons. The SMILES string of the molecule is CCCCCC/C=C\C/C=C\CCCCCCCC(=O)OC(COCCCCCCCCCC/C=C\CCCCCCCC)COC1OC(CO)C(O)C(OS(=O)(=O)O)C1O. The Morgan fingerprint density at radius 3 is 1.59 bits per heavy atom. The van der Waals surface area contributed by atoms with Crippen LogP contribution in [0.2, 0.25) is 0 Å². The quantitative estimate of drug-likeness (QED) is 0.0198. The predicted octanol–water partition coefficient (Wildman–Crippen LogP) is 10.6. The molecule has 13 heteroatoms. The van der Waals surface area contributed by atoms with Gasteiger partial charge in [0, 0.05) is 13.0 Å². The summed E-state index contributed by atoms with van der Waals surface area (Å²) in [7, 11) is -5.06. The van der Waals surface area contributed by atoms with E-state index in [-0.39, 0.29) is 19.6 Å². The Morgan fingerprint density at radius 2 is 1.08 bits per heavy atom.